The quantitative estimate of drug-likeness (QED) is 0.435. The van der Waals surface area contributed by atoms with Crippen LogP contribution in [-0.4, -0.2) is 33.3 Å². The minimum atomic E-state index is -0.324. The van der Waals surface area contributed by atoms with E-state index in [0.29, 0.717) is 17.0 Å². The molecule has 1 fully saturated rings. The Morgan fingerprint density at radius 2 is 1.61 bits per heavy atom. The number of carbonyl (C=O) groups excluding carboxylic acids is 1. The molecular formula is C30H33NO5. The molecule has 1 heterocycles. The van der Waals surface area contributed by atoms with Gasteiger partial charge in [0.15, 0.2) is 0 Å². The highest BCUT2D eigenvalue weighted by Crippen LogP contribution is 2.53. The second kappa shape index (κ2) is 10.2. The van der Waals surface area contributed by atoms with E-state index in [1.165, 1.54) is 12.0 Å². The third-order valence-electron chi connectivity index (χ3n) is 7.40. The van der Waals surface area contributed by atoms with Gasteiger partial charge in [-0.1, -0.05) is 37.1 Å². The van der Waals surface area contributed by atoms with Crippen molar-refractivity contribution in [2.75, 3.05) is 26.6 Å². The van der Waals surface area contributed by atoms with Crippen LogP contribution in [0.5, 0.6) is 17.2 Å². The fraction of sp³-hybridized carbons (Fsp3) is 0.367. The fourth-order valence-electron chi connectivity index (χ4n) is 5.76. The van der Waals surface area contributed by atoms with Gasteiger partial charge in [-0.25, -0.2) is 0 Å². The van der Waals surface area contributed by atoms with E-state index in [1.54, 1.807) is 27.4 Å². The Balaban J connectivity index is 1.53. The monoisotopic (exact) mass is 487 g/mol. The molecule has 3 aromatic rings. The van der Waals surface area contributed by atoms with E-state index in [1.807, 2.05) is 55.5 Å². The molecule has 1 amide bonds. The molecule has 0 spiro atoms. The maximum atomic E-state index is 13.1. The number of nitrogens with one attached hydrogen (secondary N) is 1. The lowest BCUT2D eigenvalue weighted by Gasteiger charge is -2.42. The first-order chi connectivity index (χ1) is 17.5. The molecule has 0 aromatic heterocycles. The highest BCUT2D eigenvalue weighted by molar-refractivity contribution is 6.06. The molecule has 5 rings (SSSR count). The summed E-state index contributed by atoms with van der Waals surface area (Å²) in [5.74, 6) is 2.32. The summed E-state index contributed by atoms with van der Waals surface area (Å²) in [5, 5.41) is 3.04. The summed E-state index contributed by atoms with van der Waals surface area (Å²) in [6, 6.07) is 17.4. The Morgan fingerprint density at radius 1 is 0.889 bits per heavy atom. The van der Waals surface area contributed by atoms with Crippen LogP contribution in [0.25, 0.3) is 0 Å². The molecule has 0 saturated heterocycles. The Hall–Kier alpha value is -3.51. The minimum Gasteiger partial charge on any atom is -0.496 e. The highest BCUT2D eigenvalue weighted by atomic mass is 16.5. The number of rotatable bonds is 6. The lowest BCUT2D eigenvalue weighted by atomic mass is 9.75. The molecule has 1 aliphatic heterocycles. The highest BCUT2D eigenvalue weighted by Gasteiger charge is 2.41. The maximum Gasteiger partial charge on any atom is 0.259 e. The summed E-state index contributed by atoms with van der Waals surface area (Å²) >= 11 is 0. The molecule has 6 heteroatoms. The first kappa shape index (κ1) is 24.2. The van der Waals surface area contributed by atoms with Crippen LogP contribution in [0, 0.1) is 6.92 Å². The van der Waals surface area contributed by atoms with Gasteiger partial charge in [0.1, 0.15) is 23.4 Å². The molecule has 2 aliphatic rings. The van der Waals surface area contributed by atoms with Gasteiger partial charge in [-0.3, -0.25) is 4.79 Å². The fourth-order valence-corrected chi connectivity index (χ4v) is 5.76. The van der Waals surface area contributed by atoms with Crippen LogP contribution in [0.3, 0.4) is 0 Å². The van der Waals surface area contributed by atoms with Crippen molar-refractivity contribution >= 4 is 11.6 Å². The number of carbonyl (C=O) groups is 1. The van der Waals surface area contributed by atoms with Crippen molar-refractivity contribution in [3.63, 3.8) is 0 Å². The zero-order valence-electron chi connectivity index (χ0n) is 21.3. The molecule has 0 unspecified atom stereocenters. The first-order valence-electron chi connectivity index (χ1n) is 12.5. The van der Waals surface area contributed by atoms with Gasteiger partial charge in [0.25, 0.3) is 5.91 Å². The van der Waals surface area contributed by atoms with Gasteiger partial charge in [-0.15, -0.1) is 0 Å². The van der Waals surface area contributed by atoms with Gasteiger partial charge in [0.05, 0.1) is 33.0 Å². The summed E-state index contributed by atoms with van der Waals surface area (Å²) < 4.78 is 23.9. The predicted molar refractivity (Wildman–Crippen MR) is 140 cm³/mol. The maximum absolute atomic E-state index is 13.1. The summed E-state index contributed by atoms with van der Waals surface area (Å²) in [6.07, 6.45) is 4.22. The van der Waals surface area contributed by atoms with Crippen LogP contribution in [0.15, 0.2) is 54.6 Å². The van der Waals surface area contributed by atoms with Crippen molar-refractivity contribution in [2.24, 2.45) is 0 Å². The molecule has 36 heavy (non-hydrogen) atoms. The van der Waals surface area contributed by atoms with Crippen molar-refractivity contribution in [2.45, 2.75) is 50.7 Å². The van der Waals surface area contributed by atoms with Crippen LogP contribution in [-0.2, 0) is 4.74 Å². The summed E-state index contributed by atoms with van der Waals surface area (Å²) in [5.41, 5.74) is 5.27. The normalized spacial score (nSPS) is 20.6. The molecule has 1 saturated carbocycles. The van der Waals surface area contributed by atoms with Crippen LogP contribution < -0.4 is 19.5 Å². The number of para-hydroxylation sites is 1. The second-order valence-electron chi connectivity index (χ2n) is 9.48. The summed E-state index contributed by atoms with van der Waals surface area (Å²) in [4.78, 5) is 13.1. The number of methoxy groups -OCH3 is 3. The summed E-state index contributed by atoms with van der Waals surface area (Å²) in [6.45, 7) is 1.92. The first-order valence-corrected chi connectivity index (χ1v) is 12.5. The number of benzene rings is 3. The van der Waals surface area contributed by atoms with Gasteiger partial charge >= 0.3 is 0 Å². The predicted octanol–water partition coefficient (Wildman–Crippen LogP) is 6.42. The van der Waals surface area contributed by atoms with Gasteiger partial charge in [-0.2, -0.15) is 0 Å². The molecule has 0 bridgehead atoms. The molecule has 0 radical (unpaired) electrons. The lowest BCUT2D eigenvalue weighted by molar-refractivity contribution is -0.0406. The zero-order chi connectivity index (χ0) is 25.2. The van der Waals surface area contributed by atoms with Crippen LogP contribution in [0.1, 0.15) is 70.3 Å². The van der Waals surface area contributed by atoms with E-state index in [2.05, 4.69) is 5.32 Å². The average Bonchev–Trinajstić information content (AvgIpc) is 2.91. The van der Waals surface area contributed by atoms with Crippen molar-refractivity contribution in [1.29, 1.82) is 0 Å². The molecule has 6 nitrogen and oxygen atoms in total. The third-order valence-corrected chi connectivity index (χ3v) is 7.40. The van der Waals surface area contributed by atoms with Gasteiger partial charge in [0, 0.05) is 22.7 Å². The largest absolute Gasteiger partial charge is 0.496 e. The molecule has 3 atom stereocenters. The lowest BCUT2D eigenvalue weighted by Crippen LogP contribution is -2.34. The van der Waals surface area contributed by atoms with E-state index in [0.717, 1.165) is 47.5 Å². The molecule has 3 aromatic carbocycles. The number of aryl methyl sites for hydroxylation is 1. The van der Waals surface area contributed by atoms with E-state index in [9.17, 15) is 4.79 Å². The van der Waals surface area contributed by atoms with Crippen LogP contribution in [0.2, 0.25) is 0 Å². The minimum absolute atomic E-state index is 0.118. The standard InChI is InChI=1S/C30H33NO5/c1-18-9-7-13-22(28(18)35-4)30(32)31-20-11-8-10-19(17-20)29-27-25(34-3)16-15-24(33-2)26(27)21-12-5-6-14-23(21)36-29/h7-11,13,15-17,21,23,29H,5-6,12,14H2,1-4H3,(H,31,32)/t21-,23+,29-/m0/s1. The van der Waals surface area contributed by atoms with E-state index < -0.39 is 0 Å². The summed E-state index contributed by atoms with van der Waals surface area (Å²) in [7, 11) is 5.00. The smallest absolute Gasteiger partial charge is 0.259 e. The van der Waals surface area contributed by atoms with Crippen LogP contribution >= 0.6 is 0 Å². The number of hydrogen-bond acceptors (Lipinski definition) is 5. The van der Waals surface area contributed by atoms with E-state index >= 15 is 0 Å². The van der Waals surface area contributed by atoms with Crippen molar-refractivity contribution < 1.29 is 23.7 Å². The number of ether oxygens (including phenoxy) is 4. The van der Waals surface area contributed by atoms with Crippen molar-refractivity contribution in [3.05, 3.63) is 82.4 Å². The number of hydrogen-bond donors (Lipinski definition) is 1. The van der Waals surface area contributed by atoms with E-state index in [-0.39, 0.29) is 24.0 Å². The van der Waals surface area contributed by atoms with Crippen molar-refractivity contribution in [3.8, 4) is 17.2 Å². The Kier molecular flexibility index (Phi) is 6.88. The molecular weight excluding hydrogens is 454 g/mol. The van der Waals surface area contributed by atoms with Crippen molar-refractivity contribution in [1.82, 2.24) is 0 Å². The number of amides is 1. The van der Waals surface area contributed by atoms with Gasteiger partial charge in [0.2, 0.25) is 0 Å². The van der Waals surface area contributed by atoms with Gasteiger partial charge < -0.3 is 24.3 Å². The Bertz CT molecular complexity index is 1270. The molecule has 1 aliphatic carbocycles. The third kappa shape index (κ3) is 4.30. The number of fused-ring (bicyclic) bond motifs is 3. The molecule has 188 valence electrons. The Labute approximate surface area is 212 Å². The van der Waals surface area contributed by atoms with Gasteiger partial charge in [-0.05, 0) is 61.2 Å². The van der Waals surface area contributed by atoms with E-state index in [4.69, 9.17) is 18.9 Å². The number of anilines is 1. The average molecular weight is 488 g/mol. The Morgan fingerprint density at radius 3 is 2.36 bits per heavy atom. The molecule has 1 N–H and O–H groups in total. The van der Waals surface area contributed by atoms with Crippen LogP contribution in [0.4, 0.5) is 5.69 Å². The topological polar surface area (TPSA) is 66.0 Å². The second-order valence-corrected chi connectivity index (χ2v) is 9.48. The zero-order valence-corrected chi connectivity index (χ0v) is 21.3. The SMILES string of the molecule is COc1ccc(OC)c2c1[C@H](c1cccc(NC(=O)c3cccc(C)c3OC)c1)O[C@@H]1CCCC[C@H]21.